The van der Waals surface area contributed by atoms with Gasteiger partial charge in [-0.15, -0.1) is 0 Å². The molecule has 2 fully saturated rings. The van der Waals surface area contributed by atoms with E-state index in [2.05, 4.69) is 12.2 Å². The van der Waals surface area contributed by atoms with Crippen LogP contribution in [0.2, 0.25) is 0 Å². The zero-order valence-corrected chi connectivity index (χ0v) is 19.7. The Hall–Kier alpha value is -1.16. The fourth-order valence-electron chi connectivity index (χ4n) is 5.04. The molecule has 0 amide bonds. The van der Waals surface area contributed by atoms with Gasteiger partial charge in [-0.25, -0.2) is 8.42 Å². The van der Waals surface area contributed by atoms with E-state index < -0.39 is 21.8 Å². The summed E-state index contributed by atoms with van der Waals surface area (Å²) in [5, 5.41) is 3.47. The summed E-state index contributed by atoms with van der Waals surface area (Å²) < 4.78 is 72.1. The number of alkyl halides is 3. The molecular formula is C23H35F3N2O3S. The van der Waals surface area contributed by atoms with Gasteiger partial charge in [0.1, 0.15) is 0 Å². The van der Waals surface area contributed by atoms with Crippen molar-refractivity contribution in [1.82, 2.24) is 9.62 Å². The number of nitrogens with one attached hydrogen (secondary N) is 1. The molecule has 1 heterocycles. The quantitative estimate of drug-likeness (QED) is 0.592. The van der Waals surface area contributed by atoms with Crippen molar-refractivity contribution in [3.8, 4) is 0 Å². The molecule has 1 saturated heterocycles. The highest BCUT2D eigenvalue weighted by Gasteiger charge is 2.37. The number of nitrogens with zero attached hydrogens (tertiary/aromatic N) is 1. The van der Waals surface area contributed by atoms with Gasteiger partial charge in [-0.2, -0.15) is 17.5 Å². The molecule has 2 atom stereocenters. The van der Waals surface area contributed by atoms with Crippen LogP contribution in [-0.4, -0.2) is 51.6 Å². The lowest BCUT2D eigenvalue weighted by molar-refractivity contribution is -0.137. The SMILES string of the molecule is CCCOC(C1CCC(N(C)S(=O)(=O)c2ccc(C(F)(F)F)cc2)CC1)C1CCCNC1. The minimum absolute atomic E-state index is 0.104. The van der Waals surface area contributed by atoms with Crippen LogP contribution in [0, 0.1) is 11.8 Å². The van der Waals surface area contributed by atoms with E-state index in [9.17, 15) is 21.6 Å². The van der Waals surface area contributed by atoms with Crippen molar-refractivity contribution >= 4 is 10.0 Å². The molecule has 1 aromatic carbocycles. The van der Waals surface area contributed by atoms with Gasteiger partial charge in [0.05, 0.1) is 16.6 Å². The highest BCUT2D eigenvalue weighted by Crippen LogP contribution is 2.37. The number of rotatable bonds is 8. The van der Waals surface area contributed by atoms with E-state index in [0.717, 1.165) is 88.9 Å². The van der Waals surface area contributed by atoms with E-state index >= 15 is 0 Å². The van der Waals surface area contributed by atoms with E-state index in [0.29, 0.717) is 11.8 Å². The third kappa shape index (κ3) is 6.04. The molecule has 1 aliphatic carbocycles. The predicted octanol–water partition coefficient (Wildman–Crippen LogP) is 4.68. The number of hydrogen-bond acceptors (Lipinski definition) is 4. The van der Waals surface area contributed by atoms with Gasteiger partial charge in [0.2, 0.25) is 10.0 Å². The third-order valence-electron chi connectivity index (χ3n) is 6.89. The van der Waals surface area contributed by atoms with Crippen molar-refractivity contribution in [3.05, 3.63) is 29.8 Å². The van der Waals surface area contributed by atoms with Crippen molar-refractivity contribution < 1.29 is 26.3 Å². The van der Waals surface area contributed by atoms with Crippen molar-refractivity contribution in [3.63, 3.8) is 0 Å². The normalized spacial score (nSPS) is 26.2. The Morgan fingerprint density at radius 2 is 1.75 bits per heavy atom. The van der Waals surface area contributed by atoms with Crippen LogP contribution in [0.15, 0.2) is 29.2 Å². The van der Waals surface area contributed by atoms with Gasteiger partial charge in [0, 0.05) is 26.2 Å². The van der Waals surface area contributed by atoms with E-state index in [-0.39, 0.29) is 17.0 Å². The second kappa shape index (κ2) is 10.8. The lowest BCUT2D eigenvalue weighted by Gasteiger charge is -2.41. The van der Waals surface area contributed by atoms with E-state index in [1.165, 1.54) is 11.4 Å². The van der Waals surface area contributed by atoms with E-state index in [1.807, 2.05) is 0 Å². The highest BCUT2D eigenvalue weighted by molar-refractivity contribution is 7.89. The first-order chi connectivity index (χ1) is 15.1. The maximum Gasteiger partial charge on any atom is 0.416 e. The van der Waals surface area contributed by atoms with Crippen molar-refractivity contribution in [2.75, 3.05) is 26.7 Å². The molecule has 5 nitrogen and oxygen atoms in total. The number of hydrogen-bond donors (Lipinski definition) is 1. The van der Waals surface area contributed by atoms with Crippen LogP contribution in [0.4, 0.5) is 13.2 Å². The molecule has 1 saturated carbocycles. The summed E-state index contributed by atoms with van der Waals surface area (Å²) in [5.41, 5.74) is -0.852. The van der Waals surface area contributed by atoms with E-state index in [1.54, 1.807) is 0 Å². The Balaban J connectivity index is 1.63. The van der Waals surface area contributed by atoms with Crippen LogP contribution >= 0.6 is 0 Å². The standard InChI is InChI=1S/C23H35F3N2O3S/c1-3-15-31-22(18-5-4-14-27-16-18)17-6-10-20(11-7-17)28(2)32(29,30)21-12-8-19(9-13-21)23(24,25)26/h8-9,12-13,17-18,20,22,27H,3-7,10-11,14-16H2,1-2H3. The van der Waals surface area contributed by atoms with Crippen LogP contribution in [0.1, 0.15) is 57.4 Å². The van der Waals surface area contributed by atoms with E-state index in [4.69, 9.17) is 4.74 Å². The minimum Gasteiger partial charge on any atom is -0.378 e. The van der Waals surface area contributed by atoms with Gasteiger partial charge < -0.3 is 10.1 Å². The van der Waals surface area contributed by atoms with Gasteiger partial charge in [0.25, 0.3) is 0 Å². The first-order valence-electron chi connectivity index (χ1n) is 11.6. The van der Waals surface area contributed by atoms with Crippen LogP contribution in [-0.2, 0) is 20.9 Å². The fourth-order valence-corrected chi connectivity index (χ4v) is 6.46. The Labute approximate surface area is 189 Å². The summed E-state index contributed by atoms with van der Waals surface area (Å²) in [6.07, 6.45) is 2.23. The molecule has 1 N–H and O–H groups in total. The van der Waals surface area contributed by atoms with Gasteiger partial charge in [-0.3, -0.25) is 0 Å². The number of ether oxygens (including phenoxy) is 1. The molecule has 0 bridgehead atoms. The van der Waals surface area contributed by atoms with Crippen LogP contribution in [0.5, 0.6) is 0 Å². The summed E-state index contributed by atoms with van der Waals surface area (Å²) in [5.74, 6) is 0.898. The third-order valence-corrected chi connectivity index (χ3v) is 8.82. The van der Waals surface area contributed by atoms with Crippen LogP contribution < -0.4 is 5.32 Å². The van der Waals surface area contributed by atoms with Gasteiger partial charge in [-0.1, -0.05) is 6.92 Å². The molecule has 1 aliphatic heterocycles. The Morgan fingerprint density at radius 3 is 2.28 bits per heavy atom. The molecule has 0 aromatic heterocycles. The predicted molar refractivity (Wildman–Crippen MR) is 118 cm³/mol. The Kier molecular flexibility index (Phi) is 8.63. The minimum atomic E-state index is -4.49. The number of halogens is 3. The lowest BCUT2D eigenvalue weighted by atomic mass is 9.76. The second-order valence-electron chi connectivity index (χ2n) is 9.05. The number of piperidine rings is 1. The smallest absolute Gasteiger partial charge is 0.378 e. The van der Waals surface area contributed by atoms with Gasteiger partial charge in [0.15, 0.2) is 0 Å². The Bertz CT molecular complexity index is 816. The molecule has 0 radical (unpaired) electrons. The summed E-state index contributed by atoms with van der Waals surface area (Å²) >= 11 is 0. The van der Waals surface area contributed by atoms with Crippen molar-refractivity contribution in [1.29, 1.82) is 0 Å². The first-order valence-corrected chi connectivity index (χ1v) is 13.1. The molecule has 2 unspecified atom stereocenters. The summed E-state index contributed by atoms with van der Waals surface area (Å²) in [6.45, 7) is 4.87. The van der Waals surface area contributed by atoms with Gasteiger partial charge >= 0.3 is 6.18 Å². The maximum absolute atomic E-state index is 13.0. The largest absolute Gasteiger partial charge is 0.416 e. The molecule has 182 valence electrons. The molecular weight excluding hydrogens is 441 g/mol. The maximum atomic E-state index is 13.0. The van der Waals surface area contributed by atoms with Crippen molar-refractivity contribution in [2.24, 2.45) is 11.8 Å². The Morgan fingerprint density at radius 1 is 1.09 bits per heavy atom. The zero-order chi connectivity index (χ0) is 23.4. The topological polar surface area (TPSA) is 58.6 Å². The van der Waals surface area contributed by atoms with Crippen LogP contribution in [0.25, 0.3) is 0 Å². The van der Waals surface area contributed by atoms with Crippen LogP contribution in [0.3, 0.4) is 0 Å². The average Bonchev–Trinajstić information content (AvgIpc) is 2.79. The first kappa shape index (κ1) is 25.5. The molecule has 0 spiro atoms. The molecule has 32 heavy (non-hydrogen) atoms. The molecule has 1 aromatic rings. The second-order valence-corrected chi connectivity index (χ2v) is 11.1. The number of benzene rings is 1. The summed E-state index contributed by atoms with van der Waals surface area (Å²) in [6, 6.07) is 3.59. The molecule has 3 rings (SSSR count). The highest BCUT2D eigenvalue weighted by atomic mass is 32.2. The fraction of sp³-hybridized carbons (Fsp3) is 0.739. The molecule has 2 aliphatic rings. The monoisotopic (exact) mass is 476 g/mol. The summed E-state index contributed by atoms with van der Waals surface area (Å²) in [4.78, 5) is -0.104. The molecule has 9 heteroatoms. The zero-order valence-electron chi connectivity index (χ0n) is 18.9. The van der Waals surface area contributed by atoms with Crippen molar-refractivity contribution in [2.45, 2.75) is 75.1 Å². The average molecular weight is 477 g/mol. The number of sulfonamides is 1. The van der Waals surface area contributed by atoms with Gasteiger partial charge in [-0.05, 0) is 87.6 Å². The lowest BCUT2D eigenvalue weighted by Crippen LogP contribution is -2.45. The summed E-state index contributed by atoms with van der Waals surface area (Å²) in [7, 11) is -2.31.